The molecule has 0 aliphatic rings. The summed E-state index contributed by atoms with van der Waals surface area (Å²) in [7, 11) is 1.51. The predicted octanol–water partition coefficient (Wildman–Crippen LogP) is 2.77. The Morgan fingerprint density at radius 3 is 2.37 bits per heavy atom. The molecule has 0 saturated carbocycles. The second-order valence-electron chi connectivity index (χ2n) is 5.27. The quantitative estimate of drug-likeness (QED) is 0.634. The number of benzene rings is 1. The molecule has 5 heteroatoms. The van der Waals surface area contributed by atoms with Crippen LogP contribution < -0.4 is 10.5 Å². The second kappa shape index (κ2) is 6.52. The van der Waals surface area contributed by atoms with Crippen LogP contribution in [0.15, 0.2) is 18.2 Å². The van der Waals surface area contributed by atoms with E-state index in [9.17, 15) is 10.1 Å². The van der Waals surface area contributed by atoms with Crippen molar-refractivity contribution in [3.05, 3.63) is 33.9 Å². The lowest BCUT2D eigenvalue weighted by Gasteiger charge is -2.24. The Balaban J connectivity index is 3.05. The van der Waals surface area contributed by atoms with Gasteiger partial charge < -0.3 is 10.5 Å². The van der Waals surface area contributed by atoms with Crippen molar-refractivity contribution in [3.63, 3.8) is 0 Å². The molecule has 0 heterocycles. The van der Waals surface area contributed by atoms with Crippen LogP contribution in [0.5, 0.6) is 5.75 Å². The number of methoxy groups -OCH3 is 1. The standard InChI is InChI=1S/C14H22N2O3/c1-9(2)14(10(3)15)7-11-5-12(16(17)18)8-13(6-11)19-4/h5-6,8-10,14H,7,15H2,1-4H3. The smallest absolute Gasteiger partial charge is 0.273 e. The Morgan fingerprint density at radius 1 is 1.32 bits per heavy atom. The van der Waals surface area contributed by atoms with Crippen LogP contribution in [0, 0.1) is 22.0 Å². The highest BCUT2D eigenvalue weighted by atomic mass is 16.6. The van der Waals surface area contributed by atoms with Gasteiger partial charge in [0.25, 0.3) is 5.69 Å². The molecule has 2 N–H and O–H groups in total. The third-order valence-electron chi connectivity index (χ3n) is 3.40. The van der Waals surface area contributed by atoms with Gasteiger partial charge in [-0.3, -0.25) is 10.1 Å². The number of nitrogens with zero attached hydrogens (tertiary/aromatic N) is 1. The largest absolute Gasteiger partial charge is 0.496 e. The van der Waals surface area contributed by atoms with Gasteiger partial charge in [0.2, 0.25) is 0 Å². The maximum atomic E-state index is 10.9. The van der Waals surface area contributed by atoms with Crippen molar-refractivity contribution in [1.82, 2.24) is 0 Å². The second-order valence-corrected chi connectivity index (χ2v) is 5.27. The molecule has 0 aliphatic carbocycles. The predicted molar refractivity (Wildman–Crippen MR) is 75.3 cm³/mol. The molecule has 1 rings (SSSR count). The SMILES string of the molecule is COc1cc(CC(C(C)C)C(C)N)cc([N+](=O)[O-])c1. The first-order valence-electron chi connectivity index (χ1n) is 6.43. The Labute approximate surface area is 113 Å². The summed E-state index contributed by atoms with van der Waals surface area (Å²) in [6, 6.07) is 4.91. The first-order valence-corrected chi connectivity index (χ1v) is 6.43. The lowest BCUT2D eigenvalue weighted by Crippen LogP contribution is -2.32. The molecule has 0 saturated heterocycles. The first-order chi connectivity index (χ1) is 8.85. The van der Waals surface area contributed by atoms with E-state index in [1.807, 2.05) is 13.0 Å². The lowest BCUT2D eigenvalue weighted by molar-refractivity contribution is -0.385. The molecule has 106 valence electrons. The number of rotatable bonds is 6. The van der Waals surface area contributed by atoms with Crippen LogP contribution in [-0.4, -0.2) is 18.1 Å². The van der Waals surface area contributed by atoms with E-state index in [2.05, 4.69) is 13.8 Å². The van der Waals surface area contributed by atoms with Crippen molar-refractivity contribution >= 4 is 5.69 Å². The van der Waals surface area contributed by atoms with E-state index in [-0.39, 0.29) is 17.6 Å². The minimum Gasteiger partial charge on any atom is -0.496 e. The molecule has 0 spiro atoms. The third-order valence-corrected chi connectivity index (χ3v) is 3.40. The molecule has 2 atom stereocenters. The molecule has 2 unspecified atom stereocenters. The summed E-state index contributed by atoms with van der Waals surface area (Å²) in [6.07, 6.45) is 0.716. The van der Waals surface area contributed by atoms with Gasteiger partial charge in [0, 0.05) is 12.1 Å². The molecule has 0 fully saturated rings. The van der Waals surface area contributed by atoms with E-state index in [0.29, 0.717) is 18.1 Å². The van der Waals surface area contributed by atoms with Crippen molar-refractivity contribution in [2.45, 2.75) is 33.2 Å². The maximum Gasteiger partial charge on any atom is 0.273 e. The number of ether oxygens (including phenoxy) is 1. The Hall–Kier alpha value is -1.62. The molecular formula is C14H22N2O3. The Morgan fingerprint density at radius 2 is 1.95 bits per heavy atom. The van der Waals surface area contributed by atoms with Crippen molar-refractivity contribution in [1.29, 1.82) is 0 Å². The van der Waals surface area contributed by atoms with E-state index in [4.69, 9.17) is 10.5 Å². The number of hydrogen-bond donors (Lipinski definition) is 1. The molecule has 19 heavy (non-hydrogen) atoms. The van der Waals surface area contributed by atoms with Gasteiger partial charge in [-0.15, -0.1) is 0 Å². The first kappa shape index (κ1) is 15.4. The van der Waals surface area contributed by atoms with Gasteiger partial charge in [-0.1, -0.05) is 13.8 Å². The van der Waals surface area contributed by atoms with Crippen LogP contribution >= 0.6 is 0 Å². The van der Waals surface area contributed by atoms with Gasteiger partial charge in [0.05, 0.1) is 18.1 Å². The van der Waals surface area contributed by atoms with Gasteiger partial charge in [0.15, 0.2) is 0 Å². The van der Waals surface area contributed by atoms with Gasteiger partial charge in [-0.2, -0.15) is 0 Å². The summed E-state index contributed by atoms with van der Waals surface area (Å²) >= 11 is 0. The van der Waals surface area contributed by atoms with E-state index in [0.717, 1.165) is 5.56 Å². The summed E-state index contributed by atoms with van der Waals surface area (Å²) in [5.74, 6) is 1.22. The number of non-ortho nitro benzene ring substituents is 1. The zero-order valence-corrected chi connectivity index (χ0v) is 11.9. The normalized spacial score (nSPS) is 14.2. The van der Waals surface area contributed by atoms with Gasteiger partial charge in [-0.25, -0.2) is 0 Å². The van der Waals surface area contributed by atoms with E-state index < -0.39 is 4.92 Å². The van der Waals surface area contributed by atoms with Crippen molar-refractivity contribution in [2.75, 3.05) is 7.11 Å². The van der Waals surface area contributed by atoms with Crippen molar-refractivity contribution < 1.29 is 9.66 Å². The zero-order chi connectivity index (χ0) is 14.6. The summed E-state index contributed by atoms with van der Waals surface area (Å²) in [5, 5.41) is 10.9. The van der Waals surface area contributed by atoms with Crippen LogP contribution in [0.25, 0.3) is 0 Å². The number of hydrogen-bond acceptors (Lipinski definition) is 4. The van der Waals surface area contributed by atoms with Crippen molar-refractivity contribution in [2.24, 2.45) is 17.6 Å². The Bertz CT molecular complexity index is 436. The summed E-state index contributed by atoms with van der Waals surface area (Å²) in [6.45, 7) is 6.20. The van der Waals surface area contributed by atoms with Gasteiger partial charge in [-0.05, 0) is 36.8 Å². The summed E-state index contributed by atoms with van der Waals surface area (Å²) in [5.41, 5.74) is 6.94. The molecular weight excluding hydrogens is 244 g/mol. The highest BCUT2D eigenvalue weighted by Gasteiger charge is 2.20. The van der Waals surface area contributed by atoms with Crippen LogP contribution in [-0.2, 0) is 6.42 Å². The van der Waals surface area contributed by atoms with E-state index in [1.165, 1.54) is 13.2 Å². The van der Waals surface area contributed by atoms with Gasteiger partial charge >= 0.3 is 0 Å². The average Bonchev–Trinajstić information content (AvgIpc) is 2.34. The molecule has 0 bridgehead atoms. The molecule has 1 aromatic carbocycles. The minimum absolute atomic E-state index is 0.0465. The highest BCUT2D eigenvalue weighted by Crippen LogP contribution is 2.27. The molecule has 0 aromatic heterocycles. The topological polar surface area (TPSA) is 78.4 Å². The number of nitro benzene ring substituents is 1. The molecule has 5 nitrogen and oxygen atoms in total. The number of nitro groups is 1. The maximum absolute atomic E-state index is 10.9. The monoisotopic (exact) mass is 266 g/mol. The summed E-state index contributed by atoms with van der Waals surface area (Å²) < 4.78 is 5.11. The Kier molecular flexibility index (Phi) is 5.30. The highest BCUT2D eigenvalue weighted by molar-refractivity contribution is 5.43. The molecule has 1 aromatic rings. The van der Waals surface area contributed by atoms with Crippen LogP contribution in [0.3, 0.4) is 0 Å². The molecule has 0 radical (unpaired) electrons. The molecule has 0 amide bonds. The van der Waals surface area contributed by atoms with E-state index >= 15 is 0 Å². The molecule has 0 aliphatic heterocycles. The van der Waals surface area contributed by atoms with Crippen LogP contribution in [0.1, 0.15) is 26.3 Å². The lowest BCUT2D eigenvalue weighted by atomic mass is 9.84. The number of nitrogens with two attached hydrogens (primary N) is 1. The van der Waals surface area contributed by atoms with Crippen LogP contribution in [0.4, 0.5) is 5.69 Å². The zero-order valence-electron chi connectivity index (χ0n) is 11.9. The minimum atomic E-state index is -0.401. The van der Waals surface area contributed by atoms with Crippen LogP contribution in [0.2, 0.25) is 0 Å². The fourth-order valence-electron chi connectivity index (χ4n) is 2.29. The van der Waals surface area contributed by atoms with E-state index in [1.54, 1.807) is 6.07 Å². The average molecular weight is 266 g/mol. The fraction of sp³-hybridized carbons (Fsp3) is 0.571. The fourth-order valence-corrected chi connectivity index (χ4v) is 2.29. The van der Waals surface area contributed by atoms with Gasteiger partial charge in [0.1, 0.15) is 5.75 Å². The van der Waals surface area contributed by atoms with Crippen molar-refractivity contribution in [3.8, 4) is 5.75 Å². The summed E-state index contributed by atoms with van der Waals surface area (Å²) in [4.78, 5) is 10.5. The third kappa shape index (κ3) is 4.21.